The summed E-state index contributed by atoms with van der Waals surface area (Å²) < 4.78 is 5.14. The zero-order chi connectivity index (χ0) is 9.26. The van der Waals surface area contributed by atoms with Gasteiger partial charge in [-0.25, -0.2) is 4.98 Å². The standard InChI is InChI=1S/C9H11NO3/c11-9(12)4-3-8-10-7(5-13-8)6-1-2-6/h5-6H,1-4H2,(H,11,12). The van der Waals surface area contributed by atoms with Gasteiger partial charge in [0.15, 0.2) is 5.89 Å². The minimum Gasteiger partial charge on any atom is -0.481 e. The van der Waals surface area contributed by atoms with Crippen LogP contribution >= 0.6 is 0 Å². The van der Waals surface area contributed by atoms with Crippen molar-refractivity contribution in [2.45, 2.75) is 31.6 Å². The molecule has 0 saturated heterocycles. The lowest BCUT2D eigenvalue weighted by atomic mass is 10.3. The van der Waals surface area contributed by atoms with Crippen LogP contribution in [0.5, 0.6) is 0 Å². The molecule has 1 fully saturated rings. The summed E-state index contributed by atoms with van der Waals surface area (Å²) in [5.74, 6) is 0.304. The Balaban J connectivity index is 1.92. The molecule has 1 aliphatic carbocycles. The van der Waals surface area contributed by atoms with E-state index in [-0.39, 0.29) is 6.42 Å². The molecule has 1 N–H and O–H groups in total. The smallest absolute Gasteiger partial charge is 0.303 e. The van der Waals surface area contributed by atoms with E-state index in [9.17, 15) is 4.79 Å². The number of aliphatic carboxylic acids is 1. The van der Waals surface area contributed by atoms with Gasteiger partial charge in [-0.3, -0.25) is 4.79 Å². The Kier molecular flexibility index (Phi) is 2.04. The number of carbonyl (C=O) groups is 1. The molecule has 0 atom stereocenters. The van der Waals surface area contributed by atoms with Crippen LogP contribution in [0, 0.1) is 0 Å². The van der Waals surface area contributed by atoms with Crippen molar-refractivity contribution in [1.29, 1.82) is 0 Å². The van der Waals surface area contributed by atoms with Crippen molar-refractivity contribution in [3.05, 3.63) is 17.8 Å². The Labute approximate surface area is 75.6 Å². The monoisotopic (exact) mass is 181 g/mol. The SMILES string of the molecule is O=C(O)CCc1nc(C2CC2)co1. The van der Waals surface area contributed by atoms with E-state index in [0.717, 1.165) is 5.69 Å². The Hall–Kier alpha value is -1.32. The number of aromatic nitrogens is 1. The molecule has 13 heavy (non-hydrogen) atoms. The molecule has 1 aromatic heterocycles. The minimum absolute atomic E-state index is 0.0879. The molecule has 0 bridgehead atoms. The molecule has 70 valence electrons. The predicted molar refractivity (Wildman–Crippen MR) is 44.4 cm³/mol. The molecular weight excluding hydrogens is 170 g/mol. The molecule has 0 spiro atoms. The molecule has 0 radical (unpaired) electrons. The fraction of sp³-hybridized carbons (Fsp3) is 0.556. The summed E-state index contributed by atoms with van der Waals surface area (Å²) in [6.45, 7) is 0. The van der Waals surface area contributed by atoms with E-state index >= 15 is 0 Å². The first-order valence-corrected chi connectivity index (χ1v) is 4.42. The average Bonchev–Trinajstić information content (AvgIpc) is 2.83. The fourth-order valence-corrected chi connectivity index (χ4v) is 1.22. The molecule has 1 heterocycles. The van der Waals surface area contributed by atoms with Gasteiger partial charge in [-0.1, -0.05) is 0 Å². The first-order valence-electron chi connectivity index (χ1n) is 4.42. The number of oxazole rings is 1. The number of carboxylic acid groups (broad SMARTS) is 1. The summed E-state index contributed by atoms with van der Waals surface area (Å²) in [5.41, 5.74) is 0.986. The maximum atomic E-state index is 10.3. The normalized spacial score (nSPS) is 16.0. The van der Waals surface area contributed by atoms with Gasteiger partial charge in [0.2, 0.25) is 0 Å². The Bertz CT molecular complexity index is 314. The van der Waals surface area contributed by atoms with Crippen LogP contribution in [0.2, 0.25) is 0 Å². The summed E-state index contributed by atoms with van der Waals surface area (Å²) >= 11 is 0. The van der Waals surface area contributed by atoms with Crippen LogP contribution < -0.4 is 0 Å². The van der Waals surface area contributed by atoms with Crippen molar-refractivity contribution in [2.75, 3.05) is 0 Å². The first kappa shape index (κ1) is 8.29. The second-order valence-corrected chi connectivity index (χ2v) is 3.33. The molecule has 2 rings (SSSR count). The molecule has 0 amide bonds. The average molecular weight is 181 g/mol. The van der Waals surface area contributed by atoms with Gasteiger partial charge in [0.25, 0.3) is 0 Å². The molecule has 4 heteroatoms. The van der Waals surface area contributed by atoms with E-state index in [4.69, 9.17) is 9.52 Å². The third kappa shape index (κ3) is 2.08. The minimum atomic E-state index is -0.814. The van der Waals surface area contributed by atoms with E-state index in [1.807, 2.05) is 0 Å². The van der Waals surface area contributed by atoms with E-state index < -0.39 is 5.97 Å². The van der Waals surface area contributed by atoms with Gasteiger partial charge in [0.1, 0.15) is 6.26 Å². The van der Waals surface area contributed by atoms with Crippen molar-refractivity contribution in [2.24, 2.45) is 0 Å². The van der Waals surface area contributed by atoms with Gasteiger partial charge >= 0.3 is 5.97 Å². The highest BCUT2D eigenvalue weighted by atomic mass is 16.4. The summed E-state index contributed by atoms with van der Waals surface area (Å²) in [5, 5.41) is 8.43. The topological polar surface area (TPSA) is 63.3 Å². The zero-order valence-electron chi connectivity index (χ0n) is 7.19. The van der Waals surface area contributed by atoms with E-state index in [2.05, 4.69) is 4.98 Å². The van der Waals surface area contributed by atoms with Crippen LogP contribution in [0.15, 0.2) is 10.7 Å². The van der Waals surface area contributed by atoms with Crippen LogP contribution in [0.3, 0.4) is 0 Å². The quantitative estimate of drug-likeness (QED) is 0.765. The van der Waals surface area contributed by atoms with E-state index in [1.54, 1.807) is 6.26 Å². The molecule has 0 aliphatic heterocycles. The zero-order valence-corrected chi connectivity index (χ0v) is 7.19. The number of carboxylic acids is 1. The van der Waals surface area contributed by atoms with Crippen LogP contribution in [0.4, 0.5) is 0 Å². The maximum absolute atomic E-state index is 10.3. The van der Waals surface area contributed by atoms with E-state index in [0.29, 0.717) is 18.2 Å². The van der Waals surface area contributed by atoms with Gasteiger partial charge in [-0.2, -0.15) is 0 Å². The van der Waals surface area contributed by atoms with Crippen molar-refractivity contribution < 1.29 is 14.3 Å². The highest BCUT2D eigenvalue weighted by Crippen LogP contribution is 2.39. The van der Waals surface area contributed by atoms with Gasteiger partial charge in [-0.15, -0.1) is 0 Å². The number of nitrogens with zero attached hydrogens (tertiary/aromatic N) is 1. The van der Waals surface area contributed by atoms with Crippen molar-refractivity contribution >= 4 is 5.97 Å². The second kappa shape index (κ2) is 3.20. The number of hydrogen-bond acceptors (Lipinski definition) is 3. The van der Waals surface area contributed by atoms with Crippen molar-refractivity contribution in [3.8, 4) is 0 Å². The number of rotatable bonds is 4. The molecule has 4 nitrogen and oxygen atoms in total. The Morgan fingerprint density at radius 1 is 1.69 bits per heavy atom. The number of aryl methyl sites for hydroxylation is 1. The van der Waals surface area contributed by atoms with Crippen LogP contribution in [-0.2, 0) is 11.2 Å². The third-order valence-electron chi connectivity index (χ3n) is 2.12. The summed E-state index contributed by atoms with van der Waals surface area (Å²) in [4.78, 5) is 14.5. The fourth-order valence-electron chi connectivity index (χ4n) is 1.22. The number of hydrogen-bond donors (Lipinski definition) is 1. The van der Waals surface area contributed by atoms with Gasteiger partial charge in [0.05, 0.1) is 12.1 Å². The molecule has 0 aromatic carbocycles. The Morgan fingerprint density at radius 3 is 3.08 bits per heavy atom. The summed E-state index contributed by atoms with van der Waals surface area (Å²) in [6, 6.07) is 0. The molecule has 0 unspecified atom stereocenters. The molecular formula is C9H11NO3. The van der Waals surface area contributed by atoms with Gasteiger partial charge in [0, 0.05) is 12.3 Å². The summed E-state index contributed by atoms with van der Waals surface area (Å²) in [7, 11) is 0. The van der Waals surface area contributed by atoms with Gasteiger partial charge in [-0.05, 0) is 12.8 Å². The largest absolute Gasteiger partial charge is 0.481 e. The molecule has 1 aromatic rings. The molecule has 1 saturated carbocycles. The molecule has 1 aliphatic rings. The lowest BCUT2D eigenvalue weighted by Gasteiger charge is -1.89. The third-order valence-corrected chi connectivity index (χ3v) is 2.12. The lowest BCUT2D eigenvalue weighted by Crippen LogP contribution is -1.97. The van der Waals surface area contributed by atoms with Crippen molar-refractivity contribution in [3.63, 3.8) is 0 Å². The van der Waals surface area contributed by atoms with Gasteiger partial charge < -0.3 is 9.52 Å². The summed E-state index contributed by atoms with van der Waals surface area (Å²) in [6.07, 6.45) is 4.50. The van der Waals surface area contributed by atoms with Crippen molar-refractivity contribution in [1.82, 2.24) is 4.98 Å². The highest BCUT2D eigenvalue weighted by molar-refractivity contribution is 5.66. The predicted octanol–water partition coefficient (Wildman–Crippen LogP) is 1.57. The van der Waals surface area contributed by atoms with Crippen LogP contribution in [-0.4, -0.2) is 16.1 Å². The Morgan fingerprint density at radius 2 is 2.46 bits per heavy atom. The maximum Gasteiger partial charge on any atom is 0.303 e. The second-order valence-electron chi connectivity index (χ2n) is 3.33. The highest BCUT2D eigenvalue weighted by Gasteiger charge is 2.26. The van der Waals surface area contributed by atoms with Crippen LogP contribution in [0.25, 0.3) is 0 Å². The van der Waals surface area contributed by atoms with Crippen LogP contribution in [0.1, 0.15) is 36.8 Å². The first-order chi connectivity index (χ1) is 6.25. The van der Waals surface area contributed by atoms with E-state index in [1.165, 1.54) is 12.8 Å². The lowest BCUT2D eigenvalue weighted by molar-refractivity contribution is -0.137.